The van der Waals surface area contributed by atoms with Gasteiger partial charge in [0.2, 0.25) is 88.6 Å². The monoisotopic (exact) mass is 1810 g/mol. The van der Waals surface area contributed by atoms with E-state index in [4.69, 9.17) is 28.0 Å². The first kappa shape index (κ1) is 102. The van der Waals surface area contributed by atoms with E-state index in [1.165, 1.54) is 29.2 Å². The number of nitrogens with zero attached hydrogens (tertiary/aromatic N) is 4. The van der Waals surface area contributed by atoms with Gasteiger partial charge in [-0.1, -0.05) is 151 Å². The summed E-state index contributed by atoms with van der Waals surface area (Å²) in [6.07, 6.45) is 1.49. The third-order valence-electron chi connectivity index (χ3n) is 22.2. The van der Waals surface area contributed by atoms with Gasteiger partial charge in [-0.2, -0.15) is 0 Å². The van der Waals surface area contributed by atoms with Crippen LogP contribution in [-0.2, 0) is 96.0 Å². The number of carboxylic acids is 1. The molecule has 1 aromatic heterocycles. The Morgan fingerprint density at radius 1 is 0.477 bits per heavy atom. The Labute approximate surface area is 758 Å². The lowest BCUT2D eigenvalue weighted by Gasteiger charge is -2.33. The van der Waals surface area contributed by atoms with Crippen LogP contribution in [0, 0.1) is 28.6 Å². The maximum absolute atomic E-state index is 15.6. The second kappa shape index (κ2) is 50.3. The lowest BCUT2D eigenvalue weighted by atomic mass is 9.98. The number of fused-ring (bicyclic) bond motifs is 2. The Morgan fingerprint density at radius 3 is 1.42 bits per heavy atom. The van der Waals surface area contributed by atoms with Crippen LogP contribution >= 0.6 is 11.8 Å². The van der Waals surface area contributed by atoms with Crippen molar-refractivity contribution in [1.29, 1.82) is 10.8 Å². The molecule has 0 bridgehead atoms. The van der Waals surface area contributed by atoms with Crippen molar-refractivity contribution in [3.8, 4) is 22.3 Å². The molecule has 0 aliphatic carbocycles. The number of guanidine groups is 2. The van der Waals surface area contributed by atoms with E-state index in [1.807, 2.05) is 84.9 Å². The maximum Gasteiger partial charge on any atom is 0.305 e. The molecule has 8 rings (SSSR count). The van der Waals surface area contributed by atoms with Crippen LogP contribution in [0.1, 0.15) is 122 Å². The minimum absolute atomic E-state index is 0.000744. The van der Waals surface area contributed by atoms with Crippen LogP contribution < -0.4 is 86.3 Å². The molecular weight excluding hydrogens is 1690 g/mol. The van der Waals surface area contributed by atoms with Gasteiger partial charge in [0.15, 0.2) is 11.9 Å². The number of thioether (sulfide) groups is 1. The Hall–Kier alpha value is -13.6. The third-order valence-corrected chi connectivity index (χ3v) is 23.2. The van der Waals surface area contributed by atoms with Crippen molar-refractivity contribution in [2.24, 2.45) is 35.0 Å². The van der Waals surface area contributed by atoms with E-state index in [-0.39, 0.29) is 115 Å². The van der Waals surface area contributed by atoms with Crippen LogP contribution in [0.5, 0.6) is 0 Å². The van der Waals surface area contributed by atoms with Gasteiger partial charge in [0.05, 0.1) is 25.3 Å². The maximum atomic E-state index is 15.6. The molecule has 3 fully saturated rings. The number of primary amides is 1. The second-order valence-electron chi connectivity index (χ2n) is 33.6. The van der Waals surface area contributed by atoms with E-state index in [2.05, 4.69) is 74.1 Å². The highest BCUT2D eigenvalue weighted by Gasteiger charge is 2.44. The van der Waals surface area contributed by atoms with Gasteiger partial charge in [-0.15, -0.1) is 11.8 Å². The van der Waals surface area contributed by atoms with Crippen molar-refractivity contribution in [3.05, 3.63) is 150 Å². The van der Waals surface area contributed by atoms with Crippen LogP contribution in [0.15, 0.2) is 134 Å². The smallest absolute Gasteiger partial charge is 0.305 e. The van der Waals surface area contributed by atoms with Crippen molar-refractivity contribution in [2.75, 3.05) is 57.8 Å². The SMILES string of the molecule is CC(C)C[C@@H]1NC(=O)[C@H](CCCNC(=N)N)NC(=O)[C@H](C(C)C)NC(=O)[C@@H]2CCCN2C(=O)[C@H](C(C)C)NC(=O)[C@H](CCCNC(=N)N)NC(=O)[C@H](CC(=O)O)NC(=O)[C@@H]2CCCN2C(=O)CN(C)C(=O)[C@H](Cc2ccc(-c3ccccc3)cc2)NC(=O)[C@H](Cc2ccc(-c3ccccc3)cc2)NC(=O)[C@H](Cc2ccncc2)NC(=O)CSC[C@@H](C(=O)NCC(N)=O)NC1=O. The van der Waals surface area contributed by atoms with Crippen LogP contribution in [-0.4, -0.2) is 262 Å². The molecule has 39 nitrogen and oxygen atoms in total. The standard InChI is InChI=1S/C90H122N22O17S/c1-51(2)42-63-80(121)107-68(77(118)99-47-71(91)113)49-130-50-72(114)100-64(44-56-34-38-96-39-35-56)81(122)104-65(43-54-26-30-59(31-27-54)57-18-10-8-11-19-57)82(123)106-67(45-55-28-32-60(33-29-55)58-20-12-9-13-21-58)87(128)110(7)48-73(115)111-40-16-24-69(111)84(125)105-66(46-74(116)117)83(124)101-62(23-15-37-98-90(94)95)79(120)109-76(53(5)6)88(129)112-41-17-25-70(112)85(126)108-75(52(3)4)86(127)102-61(78(119)103-63)22-14-36-97-89(92)93/h8-13,18-21,26-35,38-39,51-53,61-70,75-76H,14-17,22-25,36-37,40-50H2,1-7H3,(H2,91,113)(H,99,118)(H,100,114)(H,101,124)(H,102,127)(H,103,119)(H,104,122)(H,105,125)(H,106,123)(H,107,121)(H,108,126)(H,109,120)(H,116,117)(H4,92,93,97)(H4,94,95,98)/t61-,62-,63-,64-,65-,66-,67-,68-,69-,70-,75-,76-/m0/s1. The molecule has 3 aliphatic heterocycles. The molecule has 0 saturated carbocycles. The average molecular weight is 1820 g/mol. The first-order valence-corrected chi connectivity index (χ1v) is 44.7. The first-order valence-electron chi connectivity index (χ1n) is 43.5. The predicted octanol–water partition coefficient (Wildman–Crippen LogP) is -0.560. The van der Waals surface area contributed by atoms with Crippen molar-refractivity contribution in [2.45, 2.75) is 198 Å². The fraction of sp³-hybridized carbons (Fsp3) is 0.478. The summed E-state index contributed by atoms with van der Waals surface area (Å²) in [7, 11) is 1.31. The van der Waals surface area contributed by atoms with E-state index in [1.54, 1.807) is 77.9 Å². The number of likely N-dealkylation sites (N-methyl/N-ethyl adjacent to an activating group) is 1. The number of amides is 15. The molecule has 130 heavy (non-hydrogen) atoms. The van der Waals surface area contributed by atoms with Gasteiger partial charge in [-0.05, 0) is 127 Å². The fourth-order valence-corrected chi connectivity index (χ4v) is 16.2. The first-order chi connectivity index (χ1) is 61.9. The number of hydrogen-bond acceptors (Lipinski definition) is 20. The number of aliphatic carboxylic acids is 1. The summed E-state index contributed by atoms with van der Waals surface area (Å²) in [4.78, 5) is 240. The van der Waals surface area contributed by atoms with Crippen molar-refractivity contribution >= 4 is 118 Å². The Balaban J connectivity index is 1.18. The summed E-state index contributed by atoms with van der Waals surface area (Å²) in [6.45, 7) is 8.49. The topological polar surface area (TPSA) is 598 Å². The zero-order valence-corrected chi connectivity index (χ0v) is 74.9. The molecule has 12 atom stereocenters. The van der Waals surface area contributed by atoms with Crippen molar-refractivity contribution in [1.82, 2.24) is 88.8 Å². The third kappa shape index (κ3) is 31.7. The molecular formula is C90H122N22O17S. The molecule has 0 unspecified atom stereocenters. The summed E-state index contributed by atoms with van der Waals surface area (Å²) in [5.74, 6) is -18.4. The molecule has 40 heteroatoms. The van der Waals surface area contributed by atoms with E-state index >= 15 is 14.4 Å². The van der Waals surface area contributed by atoms with Gasteiger partial charge >= 0.3 is 5.97 Å². The lowest BCUT2D eigenvalue weighted by molar-refractivity contribution is -0.145. The number of nitrogens with two attached hydrogens (primary N) is 3. The average Bonchev–Trinajstić information content (AvgIpc) is 1.68. The summed E-state index contributed by atoms with van der Waals surface area (Å²) >= 11 is 0.818. The molecule has 0 spiro atoms. The Kier molecular flexibility index (Phi) is 39.4. The highest BCUT2D eigenvalue weighted by molar-refractivity contribution is 8.00. The van der Waals surface area contributed by atoms with Crippen LogP contribution in [0.2, 0.25) is 0 Å². The number of benzene rings is 4. The number of hydrogen-bond donors (Lipinski definition) is 19. The molecule has 4 heterocycles. The summed E-state index contributed by atoms with van der Waals surface area (Å²) in [5.41, 5.74) is 21.6. The van der Waals surface area contributed by atoms with Gasteiger partial charge in [0.1, 0.15) is 72.5 Å². The lowest BCUT2D eigenvalue weighted by Crippen LogP contribution is -2.61. The molecule has 3 aliphatic rings. The molecule has 5 aromatic rings. The number of pyridine rings is 1. The molecule has 15 amide bonds. The fourth-order valence-electron chi connectivity index (χ4n) is 15.3. The van der Waals surface area contributed by atoms with Gasteiger partial charge in [0.25, 0.3) is 0 Å². The summed E-state index contributed by atoms with van der Waals surface area (Å²) in [5, 5.41) is 60.4. The number of carbonyl (C=O) groups excluding carboxylic acids is 15. The Bertz CT molecular complexity index is 4800. The summed E-state index contributed by atoms with van der Waals surface area (Å²) < 4.78 is 0. The van der Waals surface area contributed by atoms with Gasteiger partial charge < -0.3 is 106 Å². The quantitative estimate of drug-likeness (QED) is 0.0198. The predicted molar refractivity (Wildman–Crippen MR) is 485 cm³/mol. The van der Waals surface area contributed by atoms with Crippen molar-refractivity contribution in [3.63, 3.8) is 0 Å². The zero-order chi connectivity index (χ0) is 94.8. The highest BCUT2D eigenvalue weighted by atomic mass is 32.2. The highest BCUT2D eigenvalue weighted by Crippen LogP contribution is 2.26. The zero-order valence-electron chi connectivity index (χ0n) is 74.1. The van der Waals surface area contributed by atoms with E-state index in [9.17, 15) is 67.4 Å². The van der Waals surface area contributed by atoms with Crippen molar-refractivity contribution < 1.29 is 81.8 Å². The molecule has 4 aromatic carbocycles. The normalized spacial score (nSPS) is 23.0. The van der Waals surface area contributed by atoms with E-state index in [0.29, 0.717) is 16.7 Å². The molecule has 700 valence electrons. The van der Waals surface area contributed by atoms with Crippen LogP contribution in [0.4, 0.5) is 0 Å². The van der Waals surface area contributed by atoms with Crippen LogP contribution in [0.25, 0.3) is 22.3 Å². The largest absolute Gasteiger partial charge is 0.481 e. The minimum atomic E-state index is -1.91. The second-order valence-corrected chi connectivity index (χ2v) is 34.7. The minimum Gasteiger partial charge on any atom is -0.481 e. The summed E-state index contributed by atoms with van der Waals surface area (Å²) in [6, 6.07) is 18.5. The number of rotatable bonds is 25. The van der Waals surface area contributed by atoms with Gasteiger partial charge in [0, 0.05) is 70.6 Å². The van der Waals surface area contributed by atoms with Gasteiger partial charge in [-0.25, -0.2) is 0 Å². The van der Waals surface area contributed by atoms with Gasteiger partial charge in [-0.3, -0.25) is 92.5 Å². The van der Waals surface area contributed by atoms with Crippen LogP contribution in [0.3, 0.4) is 0 Å². The number of aromatic nitrogens is 1. The van der Waals surface area contributed by atoms with E-state index < -0.39 is 216 Å². The molecule has 0 radical (unpaired) electrons. The van der Waals surface area contributed by atoms with E-state index in [0.717, 1.165) is 38.9 Å². The number of nitrogens with one attached hydrogen (secondary N) is 15. The molecule has 22 N–H and O–H groups in total. The number of carboxylic acid groups (broad SMARTS) is 1. The Morgan fingerprint density at radius 2 is 0.900 bits per heavy atom. The number of carbonyl (C=O) groups is 16. The molecule has 3 saturated heterocycles.